The zero-order valence-electron chi connectivity index (χ0n) is 11.6. The lowest BCUT2D eigenvalue weighted by Gasteiger charge is -2.25. The fraction of sp³-hybridized carbons (Fsp3) is 1.00. The third-order valence-corrected chi connectivity index (χ3v) is 2.78. The Hall–Kier alpha value is -0.0800. The summed E-state index contributed by atoms with van der Waals surface area (Å²) in [6, 6.07) is 0.715. The van der Waals surface area contributed by atoms with Crippen LogP contribution in [-0.2, 0) is 0 Å². The zero-order chi connectivity index (χ0) is 11.9. The van der Waals surface area contributed by atoms with Crippen LogP contribution in [0.1, 0.15) is 53.9 Å². The summed E-state index contributed by atoms with van der Waals surface area (Å²) in [4.78, 5) is 2.46. The van der Waals surface area contributed by atoms with Gasteiger partial charge in [0.05, 0.1) is 0 Å². The Morgan fingerprint density at radius 2 is 1.87 bits per heavy atom. The normalized spacial score (nSPS) is 14.6. The molecule has 0 saturated carbocycles. The van der Waals surface area contributed by atoms with E-state index in [-0.39, 0.29) is 5.54 Å². The molecule has 0 amide bonds. The van der Waals surface area contributed by atoms with Crippen molar-refractivity contribution in [1.82, 2.24) is 10.2 Å². The third kappa shape index (κ3) is 8.88. The van der Waals surface area contributed by atoms with E-state index in [1.165, 1.54) is 25.8 Å². The van der Waals surface area contributed by atoms with E-state index in [0.717, 1.165) is 6.54 Å². The second-order valence-corrected chi connectivity index (χ2v) is 5.65. The van der Waals surface area contributed by atoms with Gasteiger partial charge < -0.3 is 10.2 Å². The Morgan fingerprint density at radius 3 is 2.33 bits per heavy atom. The highest BCUT2D eigenvalue weighted by atomic mass is 15.1. The summed E-state index contributed by atoms with van der Waals surface area (Å²) in [5, 5.41) is 3.53. The molecule has 92 valence electrons. The molecule has 0 aromatic rings. The predicted molar refractivity (Wildman–Crippen MR) is 69.4 cm³/mol. The van der Waals surface area contributed by atoms with Gasteiger partial charge in [0.1, 0.15) is 0 Å². The molecule has 15 heavy (non-hydrogen) atoms. The molecule has 0 aromatic heterocycles. The van der Waals surface area contributed by atoms with Crippen molar-refractivity contribution >= 4 is 0 Å². The van der Waals surface area contributed by atoms with Crippen molar-refractivity contribution in [1.29, 1.82) is 0 Å². The second-order valence-electron chi connectivity index (χ2n) is 5.65. The largest absolute Gasteiger partial charge is 0.312 e. The molecule has 1 unspecified atom stereocenters. The minimum atomic E-state index is 0.262. The van der Waals surface area contributed by atoms with E-state index in [2.05, 4.69) is 51.9 Å². The summed E-state index contributed by atoms with van der Waals surface area (Å²) in [7, 11) is 2.23. The monoisotopic (exact) mass is 214 g/mol. The maximum absolute atomic E-state index is 3.53. The van der Waals surface area contributed by atoms with E-state index in [9.17, 15) is 0 Å². The Balaban J connectivity index is 3.50. The Bertz CT molecular complexity index is 149. The van der Waals surface area contributed by atoms with Gasteiger partial charge in [-0.25, -0.2) is 0 Å². The van der Waals surface area contributed by atoms with Crippen molar-refractivity contribution in [3.63, 3.8) is 0 Å². The van der Waals surface area contributed by atoms with Gasteiger partial charge >= 0.3 is 0 Å². The van der Waals surface area contributed by atoms with Crippen molar-refractivity contribution in [2.75, 3.05) is 20.1 Å². The quantitative estimate of drug-likeness (QED) is 0.656. The summed E-state index contributed by atoms with van der Waals surface area (Å²) in [6.07, 6.45) is 3.81. The van der Waals surface area contributed by atoms with Crippen LogP contribution in [0.2, 0.25) is 0 Å². The highest BCUT2D eigenvalue weighted by molar-refractivity contribution is 4.71. The molecule has 1 atom stereocenters. The Morgan fingerprint density at radius 1 is 1.27 bits per heavy atom. The molecule has 0 aliphatic heterocycles. The van der Waals surface area contributed by atoms with E-state index in [1.807, 2.05) is 0 Å². The first-order chi connectivity index (χ1) is 6.87. The van der Waals surface area contributed by atoms with E-state index < -0.39 is 0 Å². The van der Waals surface area contributed by atoms with Crippen LogP contribution in [0, 0.1) is 0 Å². The fourth-order valence-corrected chi connectivity index (χ4v) is 1.65. The van der Waals surface area contributed by atoms with E-state index in [1.54, 1.807) is 0 Å². The van der Waals surface area contributed by atoms with Gasteiger partial charge in [-0.15, -0.1) is 0 Å². The molecule has 0 radical (unpaired) electrons. The predicted octanol–water partition coefficient (Wildman–Crippen LogP) is 2.89. The SMILES string of the molecule is CCCN(C)C(C)CCCNC(C)(C)C. The van der Waals surface area contributed by atoms with Crippen LogP contribution in [-0.4, -0.2) is 36.6 Å². The zero-order valence-corrected chi connectivity index (χ0v) is 11.6. The summed E-state index contributed by atoms with van der Waals surface area (Å²) in [5.74, 6) is 0. The van der Waals surface area contributed by atoms with Gasteiger partial charge in [-0.3, -0.25) is 0 Å². The lowest BCUT2D eigenvalue weighted by molar-refractivity contribution is 0.241. The molecular formula is C13H30N2. The summed E-state index contributed by atoms with van der Waals surface area (Å²) < 4.78 is 0. The molecule has 0 fully saturated rings. The van der Waals surface area contributed by atoms with Crippen LogP contribution in [0.5, 0.6) is 0 Å². The minimum absolute atomic E-state index is 0.262. The third-order valence-electron chi connectivity index (χ3n) is 2.78. The van der Waals surface area contributed by atoms with Gasteiger partial charge in [0, 0.05) is 11.6 Å². The van der Waals surface area contributed by atoms with E-state index in [0.29, 0.717) is 6.04 Å². The number of nitrogens with one attached hydrogen (secondary N) is 1. The van der Waals surface area contributed by atoms with Crippen molar-refractivity contribution in [2.45, 2.75) is 65.5 Å². The van der Waals surface area contributed by atoms with Gasteiger partial charge in [0.15, 0.2) is 0 Å². The lowest BCUT2D eigenvalue weighted by atomic mass is 10.1. The smallest absolute Gasteiger partial charge is 0.00965 e. The van der Waals surface area contributed by atoms with Crippen LogP contribution in [0.4, 0.5) is 0 Å². The average Bonchev–Trinajstić information content (AvgIpc) is 2.11. The van der Waals surface area contributed by atoms with Crippen LogP contribution in [0.15, 0.2) is 0 Å². The lowest BCUT2D eigenvalue weighted by Crippen LogP contribution is -2.37. The first kappa shape index (κ1) is 14.9. The highest BCUT2D eigenvalue weighted by Crippen LogP contribution is 2.05. The van der Waals surface area contributed by atoms with Crippen LogP contribution in [0.3, 0.4) is 0 Å². The molecule has 0 heterocycles. The molecule has 0 rings (SSSR count). The van der Waals surface area contributed by atoms with Gasteiger partial charge in [-0.2, -0.15) is 0 Å². The second kappa shape index (κ2) is 7.24. The molecule has 0 spiro atoms. The van der Waals surface area contributed by atoms with Crippen LogP contribution in [0.25, 0.3) is 0 Å². The average molecular weight is 214 g/mol. The molecule has 2 nitrogen and oxygen atoms in total. The molecule has 0 aliphatic carbocycles. The molecule has 0 aliphatic rings. The van der Waals surface area contributed by atoms with E-state index in [4.69, 9.17) is 0 Å². The van der Waals surface area contributed by atoms with E-state index >= 15 is 0 Å². The molecule has 0 bridgehead atoms. The highest BCUT2D eigenvalue weighted by Gasteiger charge is 2.10. The topological polar surface area (TPSA) is 15.3 Å². The Labute approximate surface area is 96.4 Å². The van der Waals surface area contributed by atoms with Crippen molar-refractivity contribution in [3.05, 3.63) is 0 Å². The Kier molecular flexibility index (Phi) is 7.20. The van der Waals surface area contributed by atoms with Crippen LogP contribution >= 0.6 is 0 Å². The van der Waals surface area contributed by atoms with Crippen molar-refractivity contribution < 1.29 is 0 Å². The van der Waals surface area contributed by atoms with Gasteiger partial charge in [-0.1, -0.05) is 6.92 Å². The first-order valence-electron chi connectivity index (χ1n) is 6.32. The summed E-state index contributed by atoms with van der Waals surface area (Å²) >= 11 is 0. The fourth-order valence-electron chi connectivity index (χ4n) is 1.65. The van der Waals surface area contributed by atoms with Crippen molar-refractivity contribution in [3.8, 4) is 0 Å². The van der Waals surface area contributed by atoms with Gasteiger partial charge in [0.25, 0.3) is 0 Å². The van der Waals surface area contributed by atoms with Crippen LogP contribution < -0.4 is 5.32 Å². The standard InChI is InChI=1S/C13H30N2/c1-7-11-15(6)12(2)9-8-10-14-13(3,4)5/h12,14H,7-11H2,1-6H3. The number of hydrogen-bond acceptors (Lipinski definition) is 2. The van der Waals surface area contributed by atoms with Gasteiger partial charge in [-0.05, 0) is 67.1 Å². The number of nitrogens with zero attached hydrogens (tertiary/aromatic N) is 1. The molecule has 0 saturated heterocycles. The molecule has 2 heteroatoms. The van der Waals surface area contributed by atoms with Gasteiger partial charge in [0.2, 0.25) is 0 Å². The molecule has 0 aromatic carbocycles. The summed E-state index contributed by atoms with van der Waals surface area (Å²) in [6.45, 7) is 13.6. The van der Waals surface area contributed by atoms with Crippen molar-refractivity contribution in [2.24, 2.45) is 0 Å². The molecule has 1 N–H and O–H groups in total. The maximum atomic E-state index is 3.53. The number of hydrogen-bond donors (Lipinski definition) is 1. The first-order valence-corrected chi connectivity index (χ1v) is 6.32. The number of rotatable bonds is 7. The maximum Gasteiger partial charge on any atom is 0.00965 e. The molecular weight excluding hydrogens is 184 g/mol. The minimum Gasteiger partial charge on any atom is -0.312 e. The summed E-state index contributed by atoms with van der Waals surface area (Å²) in [5.41, 5.74) is 0.262.